The number of nitrogens with two attached hydrogens (primary N) is 1. The Balaban J connectivity index is 2.05. The summed E-state index contributed by atoms with van der Waals surface area (Å²) < 4.78 is 39.0. The molecule has 0 radical (unpaired) electrons. The molecule has 122 valence electrons. The summed E-state index contributed by atoms with van der Waals surface area (Å²) in [7, 11) is 0. The quantitative estimate of drug-likeness (QED) is 0.820. The fraction of sp³-hybridized carbons (Fsp3) is 0.571. The maximum atomic E-state index is 13.0. The number of carbonyl (C=O) groups excluding carboxylic acids is 2. The largest absolute Gasteiger partial charge is 0.416 e. The molecule has 0 aromatic heterocycles. The molecule has 1 aliphatic carbocycles. The summed E-state index contributed by atoms with van der Waals surface area (Å²) in [4.78, 5) is 26.7. The normalized spacial score (nSPS) is 19.6. The topological polar surface area (TPSA) is 66.6 Å². The van der Waals surface area contributed by atoms with Gasteiger partial charge in [-0.1, -0.05) is 12.2 Å². The number of allylic oxidation sites excluding steroid dienone is 2. The molecule has 0 spiro atoms. The van der Waals surface area contributed by atoms with Crippen molar-refractivity contribution in [3.63, 3.8) is 0 Å². The number of piperazine rings is 1. The first-order chi connectivity index (χ1) is 10.3. The molecular formula is C14H18F3N3O2. The van der Waals surface area contributed by atoms with Gasteiger partial charge in [-0.15, -0.1) is 0 Å². The second-order valence-electron chi connectivity index (χ2n) is 5.19. The van der Waals surface area contributed by atoms with Gasteiger partial charge in [0, 0.05) is 31.8 Å². The van der Waals surface area contributed by atoms with E-state index in [2.05, 4.69) is 0 Å². The lowest BCUT2D eigenvalue weighted by Gasteiger charge is -2.35. The Morgan fingerprint density at radius 2 is 1.59 bits per heavy atom. The lowest BCUT2D eigenvalue weighted by Crippen LogP contribution is -2.52. The number of halogens is 3. The highest BCUT2D eigenvalue weighted by Crippen LogP contribution is 2.35. The van der Waals surface area contributed by atoms with E-state index in [-0.39, 0.29) is 37.5 Å². The number of hydrogen-bond acceptors (Lipinski definition) is 3. The predicted octanol–water partition coefficient (Wildman–Crippen LogP) is 0.825. The third-order valence-corrected chi connectivity index (χ3v) is 3.78. The standard InChI is InChI=1S/C14H18F3N3O2/c15-14(16,17)11-4-2-1-3-10(11)13(22)20-7-5-19(6-8-20)12(21)9-18/h3-4H,1-2,5-9,18H2. The number of nitrogens with zero attached hydrogens (tertiary/aromatic N) is 2. The summed E-state index contributed by atoms with van der Waals surface area (Å²) in [5.41, 5.74) is 4.13. The van der Waals surface area contributed by atoms with Gasteiger partial charge >= 0.3 is 6.18 Å². The lowest BCUT2D eigenvalue weighted by atomic mass is 9.96. The van der Waals surface area contributed by atoms with Crippen LogP contribution in [0.15, 0.2) is 23.3 Å². The second-order valence-corrected chi connectivity index (χ2v) is 5.19. The molecule has 0 saturated carbocycles. The first-order valence-electron chi connectivity index (χ1n) is 7.09. The van der Waals surface area contributed by atoms with Crippen LogP contribution in [0, 0.1) is 0 Å². The highest BCUT2D eigenvalue weighted by molar-refractivity contribution is 5.98. The Morgan fingerprint density at radius 1 is 1.05 bits per heavy atom. The number of alkyl halides is 3. The maximum Gasteiger partial charge on any atom is 0.416 e. The van der Waals surface area contributed by atoms with Crippen molar-refractivity contribution in [1.82, 2.24) is 9.80 Å². The summed E-state index contributed by atoms with van der Waals surface area (Å²) in [6, 6.07) is 0. The van der Waals surface area contributed by atoms with E-state index >= 15 is 0 Å². The van der Waals surface area contributed by atoms with Crippen LogP contribution in [-0.2, 0) is 9.59 Å². The minimum atomic E-state index is -4.53. The van der Waals surface area contributed by atoms with Gasteiger partial charge in [-0.2, -0.15) is 13.2 Å². The fourth-order valence-corrected chi connectivity index (χ4v) is 2.60. The SMILES string of the molecule is NCC(=O)N1CCN(C(=O)C2=CCCC=C2C(F)(F)F)CC1. The lowest BCUT2D eigenvalue weighted by molar-refractivity contribution is -0.137. The summed E-state index contributed by atoms with van der Waals surface area (Å²) in [6.07, 6.45) is -1.40. The van der Waals surface area contributed by atoms with Crippen LogP contribution in [0.25, 0.3) is 0 Å². The fourth-order valence-electron chi connectivity index (χ4n) is 2.60. The summed E-state index contributed by atoms with van der Waals surface area (Å²) in [5.74, 6) is -0.844. The number of amides is 2. The zero-order valence-electron chi connectivity index (χ0n) is 12.0. The van der Waals surface area contributed by atoms with Crippen LogP contribution < -0.4 is 5.73 Å². The highest BCUT2D eigenvalue weighted by atomic mass is 19.4. The van der Waals surface area contributed by atoms with Gasteiger partial charge in [-0.3, -0.25) is 9.59 Å². The average molecular weight is 317 g/mol. The molecule has 2 N–H and O–H groups in total. The van der Waals surface area contributed by atoms with Gasteiger partial charge in [0.05, 0.1) is 12.1 Å². The first-order valence-corrected chi connectivity index (χ1v) is 7.09. The molecule has 0 aromatic rings. The molecule has 1 saturated heterocycles. The highest BCUT2D eigenvalue weighted by Gasteiger charge is 2.40. The van der Waals surface area contributed by atoms with Crippen molar-refractivity contribution in [3.05, 3.63) is 23.3 Å². The van der Waals surface area contributed by atoms with Crippen LogP contribution in [0.5, 0.6) is 0 Å². The monoisotopic (exact) mass is 317 g/mol. The third kappa shape index (κ3) is 3.49. The molecule has 8 heteroatoms. The summed E-state index contributed by atoms with van der Waals surface area (Å²) in [5, 5.41) is 0. The molecule has 0 atom stereocenters. The van der Waals surface area contributed by atoms with Crippen LogP contribution in [0.3, 0.4) is 0 Å². The van der Waals surface area contributed by atoms with Crippen molar-refractivity contribution in [3.8, 4) is 0 Å². The molecule has 0 aromatic carbocycles. The molecule has 22 heavy (non-hydrogen) atoms. The number of carbonyl (C=O) groups is 2. The smallest absolute Gasteiger partial charge is 0.338 e. The molecule has 1 heterocycles. The van der Waals surface area contributed by atoms with E-state index in [1.54, 1.807) is 0 Å². The zero-order valence-corrected chi connectivity index (χ0v) is 12.0. The first kappa shape index (κ1) is 16.5. The Bertz CT molecular complexity index is 518. The van der Waals surface area contributed by atoms with Crippen molar-refractivity contribution in [2.75, 3.05) is 32.7 Å². The molecule has 0 unspecified atom stereocenters. The van der Waals surface area contributed by atoms with Crippen molar-refractivity contribution in [2.24, 2.45) is 5.73 Å². The Kier molecular flexibility index (Phi) is 4.90. The van der Waals surface area contributed by atoms with E-state index in [0.717, 1.165) is 6.08 Å². The molecule has 1 aliphatic heterocycles. The molecule has 1 fully saturated rings. The van der Waals surface area contributed by atoms with E-state index in [1.165, 1.54) is 15.9 Å². The van der Waals surface area contributed by atoms with Crippen molar-refractivity contribution < 1.29 is 22.8 Å². The molecule has 2 rings (SSSR count). The number of rotatable bonds is 2. The van der Waals surface area contributed by atoms with Crippen molar-refractivity contribution >= 4 is 11.8 Å². The summed E-state index contributed by atoms with van der Waals surface area (Å²) in [6.45, 7) is 0.903. The second kappa shape index (κ2) is 6.51. The van der Waals surface area contributed by atoms with Gasteiger partial charge in [-0.25, -0.2) is 0 Å². The molecule has 2 amide bonds. The van der Waals surface area contributed by atoms with Gasteiger partial charge in [0.15, 0.2) is 0 Å². The van der Waals surface area contributed by atoms with E-state index < -0.39 is 17.7 Å². The van der Waals surface area contributed by atoms with Gasteiger partial charge < -0.3 is 15.5 Å². The van der Waals surface area contributed by atoms with Crippen LogP contribution >= 0.6 is 0 Å². The molecule has 0 bridgehead atoms. The van der Waals surface area contributed by atoms with E-state index in [1.807, 2.05) is 0 Å². The van der Waals surface area contributed by atoms with E-state index in [4.69, 9.17) is 5.73 Å². The van der Waals surface area contributed by atoms with Gasteiger partial charge in [0.1, 0.15) is 0 Å². The van der Waals surface area contributed by atoms with Gasteiger partial charge in [0.2, 0.25) is 5.91 Å². The van der Waals surface area contributed by atoms with Crippen molar-refractivity contribution in [2.45, 2.75) is 19.0 Å². The van der Waals surface area contributed by atoms with Crippen LogP contribution in [0.2, 0.25) is 0 Å². The zero-order chi connectivity index (χ0) is 16.3. The van der Waals surface area contributed by atoms with E-state index in [0.29, 0.717) is 19.5 Å². The van der Waals surface area contributed by atoms with Crippen LogP contribution in [-0.4, -0.2) is 60.5 Å². The minimum absolute atomic E-state index is 0.111. The van der Waals surface area contributed by atoms with Gasteiger partial charge in [0.25, 0.3) is 5.91 Å². The minimum Gasteiger partial charge on any atom is -0.338 e. The maximum absolute atomic E-state index is 13.0. The Morgan fingerprint density at radius 3 is 2.14 bits per heavy atom. The number of hydrogen-bond donors (Lipinski definition) is 1. The van der Waals surface area contributed by atoms with Crippen LogP contribution in [0.4, 0.5) is 13.2 Å². The average Bonchev–Trinajstić information content (AvgIpc) is 2.52. The van der Waals surface area contributed by atoms with Crippen molar-refractivity contribution in [1.29, 1.82) is 0 Å². The van der Waals surface area contributed by atoms with Crippen LogP contribution in [0.1, 0.15) is 12.8 Å². The molecular weight excluding hydrogens is 299 g/mol. The summed E-state index contributed by atoms with van der Waals surface area (Å²) >= 11 is 0. The Hall–Kier alpha value is -1.83. The Labute approximate surface area is 126 Å². The molecule has 2 aliphatic rings. The van der Waals surface area contributed by atoms with Gasteiger partial charge in [-0.05, 0) is 12.8 Å². The van der Waals surface area contributed by atoms with E-state index in [9.17, 15) is 22.8 Å². The third-order valence-electron chi connectivity index (χ3n) is 3.78. The predicted molar refractivity (Wildman–Crippen MR) is 73.7 cm³/mol. The molecule has 5 nitrogen and oxygen atoms in total.